The summed E-state index contributed by atoms with van der Waals surface area (Å²) in [7, 11) is 0. The Morgan fingerprint density at radius 3 is 2.64 bits per heavy atom. The normalized spacial score (nSPS) is 10.8. The summed E-state index contributed by atoms with van der Waals surface area (Å²) in [5.74, 6) is -0.0235. The van der Waals surface area contributed by atoms with Crippen molar-refractivity contribution in [2.75, 3.05) is 5.32 Å². The summed E-state index contributed by atoms with van der Waals surface area (Å²) in [5, 5.41) is 4.06. The van der Waals surface area contributed by atoms with Crippen LogP contribution < -0.4 is 5.32 Å². The molecule has 0 spiro atoms. The van der Waals surface area contributed by atoms with Gasteiger partial charge in [-0.1, -0.05) is 35.0 Å². The predicted octanol–water partition coefficient (Wildman–Crippen LogP) is 4.60. The summed E-state index contributed by atoms with van der Waals surface area (Å²) in [4.78, 5) is 12.2. The number of nitrogens with one attached hydrogen (secondary N) is 1. The van der Waals surface area contributed by atoms with Crippen LogP contribution in [0.3, 0.4) is 0 Å². The molecule has 22 heavy (non-hydrogen) atoms. The van der Waals surface area contributed by atoms with Gasteiger partial charge in [-0.25, -0.2) is 0 Å². The number of hydrogen-bond donors (Lipinski definition) is 1. The van der Waals surface area contributed by atoms with Gasteiger partial charge in [0.15, 0.2) is 0 Å². The number of nitrogens with zero attached hydrogens (tertiary/aromatic N) is 1. The van der Waals surface area contributed by atoms with Crippen molar-refractivity contribution in [2.45, 2.75) is 19.9 Å². The summed E-state index contributed by atoms with van der Waals surface area (Å²) in [5.41, 5.74) is 3.15. The first-order valence-electron chi connectivity index (χ1n) is 7.29. The van der Waals surface area contributed by atoms with E-state index in [1.54, 1.807) is 0 Å². The van der Waals surface area contributed by atoms with Crippen molar-refractivity contribution in [3.8, 4) is 0 Å². The van der Waals surface area contributed by atoms with Gasteiger partial charge in [0.2, 0.25) is 5.91 Å². The molecule has 0 saturated carbocycles. The van der Waals surface area contributed by atoms with Crippen LogP contribution in [0, 0.1) is 0 Å². The largest absolute Gasteiger partial charge is 0.338 e. The average Bonchev–Trinajstić information content (AvgIpc) is 2.90. The number of halogens is 1. The van der Waals surface area contributed by atoms with Gasteiger partial charge in [0.1, 0.15) is 6.54 Å². The SMILES string of the molecule is CCc1ccc(NC(=O)Cn2ccc3cc(Br)ccc32)cc1. The third-order valence-corrected chi connectivity index (χ3v) is 4.19. The molecule has 1 aromatic heterocycles. The van der Waals surface area contributed by atoms with Crippen LogP contribution in [-0.4, -0.2) is 10.5 Å². The fourth-order valence-corrected chi connectivity index (χ4v) is 2.87. The Morgan fingerprint density at radius 2 is 1.91 bits per heavy atom. The first-order chi connectivity index (χ1) is 10.7. The van der Waals surface area contributed by atoms with Crippen LogP contribution in [0.5, 0.6) is 0 Å². The molecule has 1 amide bonds. The van der Waals surface area contributed by atoms with Crippen LogP contribution >= 0.6 is 15.9 Å². The number of aryl methyl sites for hydroxylation is 1. The van der Waals surface area contributed by atoms with E-state index >= 15 is 0 Å². The highest BCUT2D eigenvalue weighted by atomic mass is 79.9. The zero-order valence-corrected chi connectivity index (χ0v) is 13.9. The number of rotatable bonds is 4. The van der Waals surface area contributed by atoms with Crippen molar-refractivity contribution in [1.29, 1.82) is 0 Å². The fourth-order valence-electron chi connectivity index (χ4n) is 2.49. The Kier molecular flexibility index (Phi) is 4.29. The van der Waals surface area contributed by atoms with Crippen molar-refractivity contribution in [2.24, 2.45) is 0 Å². The van der Waals surface area contributed by atoms with Crippen LogP contribution in [-0.2, 0) is 17.8 Å². The third kappa shape index (κ3) is 3.22. The Morgan fingerprint density at radius 1 is 1.14 bits per heavy atom. The number of hydrogen-bond acceptors (Lipinski definition) is 1. The minimum Gasteiger partial charge on any atom is -0.338 e. The summed E-state index contributed by atoms with van der Waals surface area (Å²) in [6.07, 6.45) is 2.94. The van der Waals surface area contributed by atoms with Crippen LogP contribution in [0.4, 0.5) is 5.69 Å². The van der Waals surface area contributed by atoms with Gasteiger partial charge in [-0.2, -0.15) is 0 Å². The van der Waals surface area contributed by atoms with Crippen molar-refractivity contribution in [3.63, 3.8) is 0 Å². The van der Waals surface area contributed by atoms with E-state index in [9.17, 15) is 4.79 Å². The van der Waals surface area contributed by atoms with Gasteiger partial charge in [0.05, 0.1) is 0 Å². The first kappa shape index (κ1) is 14.9. The quantitative estimate of drug-likeness (QED) is 0.727. The summed E-state index contributed by atoms with van der Waals surface area (Å²) < 4.78 is 3.00. The molecule has 3 aromatic rings. The minimum atomic E-state index is -0.0235. The summed E-state index contributed by atoms with van der Waals surface area (Å²) in [6.45, 7) is 2.42. The zero-order valence-electron chi connectivity index (χ0n) is 12.3. The molecule has 0 aliphatic heterocycles. The van der Waals surface area contributed by atoms with E-state index in [2.05, 4.69) is 28.2 Å². The van der Waals surface area contributed by atoms with Crippen molar-refractivity contribution in [1.82, 2.24) is 4.57 Å². The van der Waals surface area contributed by atoms with Crippen LogP contribution in [0.25, 0.3) is 10.9 Å². The lowest BCUT2D eigenvalue weighted by Gasteiger charge is -2.08. The molecule has 0 atom stereocenters. The van der Waals surface area contributed by atoms with Gasteiger partial charge in [-0.3, -0.25) is 4.79 Å². The number of amides is 1. The van der Waals surface area contributed by atoms with E-state index in [0.717, 1.165) is 27.5 Å². The smallest absolute Gasteiger partial charge is 0.244 e. The van der Waals surface area contributed by atoms with Gasteiger partial charge in [-0.15, -0.1) is 0 Å². The predicted molar refractivity (Wildman–Crippen MR) is 94.1 cm³/mol. The molecule has 2 aromatic carbocycles. The lowest BCUT2D eigenvalue weighted by atomic mass is 10.1. The molecule has 0 aliphatic carbocycles. The molecular formula is C18H17BrN2O. The zero-order chi connectivity index (χ0) is 15.5. The molecule has 0 saturated heterocycles. The van der Waals surface area contributed by atoms with E-state index in [0.29, 0.717) is 6.54 Å². The van der Waals surface area contributed by atoms with E-state index in [4.69, 9.17) is 0 Å². The monoisotopic (exact) mass is 356 g/mol. The van der Waals surface area contributed by atoms with E-state index < -0.39 is 0 Å². The highest BCUT2D eigenvalue weighted by Crippen LogP contribution is 2.21. The van der Waals surface area contributed by atoms with Crippen LogP contribution in [0.2, 0.25) is 0 Å². The Labute approximate surface area is 138 Å². The number of anilines is 1. The maximum atomic E-state index is 12.2. The molecule has 1 N–H and O–H groups in total. The van der Waals surface area contributed by atoms with Gasteiger partial charge in [0.25, 0.3) is 0 Å². The second kappa shape index (κ2) is 6.36. The van der Waals surface area contributed by atoms with Crippen LogP contribution in [0.15, 0.2) is 59.2 Å². The van der Waals surface area contributed by atoms with Crippen molar-refractivity contribution in [3.05, 3.63) is 64.8 Å². The highest BCUT2D eigenvalue weighted by molar-refractivity contribution is 9.10. The Hall–Kier alpha value is -2.07. The second-order valence-corrected chi connectivity index (χ2v) is 6.16. The van der Waals surface area contributed by atoms with Crippen LogP contribution in [0.1, 0.15) is 12.5 Å². The second-order valence-electron chi connectivity index (χ2n) is 5.25. The lowest BCUT2D eigenvalue weighted by Crippen LogP contribution is -2.18. The van der Waals surface area contributed by atoms with E-state index in [1.807, 2.05) is 59.3 Å². The molecule has 0 fully saturated rings. The number of fused-ring (bicyclic) bond motifs is 1. The van der Waals surface area contributed by atoms with Crippen molar-refractivity contribution < 1.29 is 4.79 Å². The van der Waals surface area contributed by atoms with E-state index in [1.165, 1.54) is 5.56 Å². The van der Waals surface area contributed by atoms with Gasteiger partial charge < -0.3 is 9.88 Å². The van der Waals surface area contributed by atoms with Gasteiger partial charge >= 0.3 is 0 Å². The maximum Gasteiger partial charge on any atom is 0.244 e. The standard InChI is InChI=1S/C18H17BrN2O/c1-2-13-3-6-16(7-4-13)20-18(22)12-21-10-9-14-11-15(19)5-8-17(14)21/h3-11H,2,12H2,1H3,(H,20,22). The maximum absolute atomic E-state index is 12.2. The molecule has 0 unspecified atom stereocenters. The topological polar surface area (TPSA) is 34.0 Å². The lowest BCUT2D eigenvalue weighted by molar-refractivity contribution is -0.116. The highest BCUT2D eigenvalue weighted by Gasteiger charge is 2.07. The molecule has 1 heterocycles. The third-order valence-electron chi connectivity index (χ3n) is 3.69. The molecule has 112 valence electrons. The Bertz CT molecular complexity index is 806. The molecule has 3 nitrogen and oxygen atoms in total. The molecule has 0 radical (unpaired) electrons. The number of aromatic nitrogens is 1. The molecule has 0 aliphatic rings. The number of carbonyl (C=O) groups excluding carboxylic acids is 1. The number of carbonyl (C=O) groups is 1. The summed E-state index contributed by atoms with van der Waals surface area (Å²) in [6, 6.07) is 16.0. The van der Waals surface area contributed by atoms with Gasteiger partial charge in [0, 0.05) is 27.3 Å². The fraction of sp³-hybridized carbons (Fsp3) is 0.167. The molecule has 3 rings (SSSR count). The Balaban J connectivity index is 1.72. The molecular weight excluding hydrogens is 340 g/mol. The minimum absolute atomic E-state index is 0.0235. The van der Waals surface area contributed by atoms with Crippen molar-refractivity contribution >= 4 is 38.4 Å². The average molecular weight is 357 g/mol. The molecule has 0 bridgehead atoms. The van der Waals surface area contributed by atoms with E-state index in [-0.39, 0.29) is 5.91 Å². The number of benzene rings is 2. The van der Waals surface area contributed by atoms with Gasteiger partial charge in [-0.05, 0) is 48.4 Å². The first-order valence-corrected chi connectivity index (χ1v) is 8.08. The molecule has 4 heteroatoms. The summed E-state index contributed by atoms with van der Waals surface area (Å²) >= 11 is 3.46.